The van der Waals surface area contributed by atoms with E-state index in [1.54, 1.807) is 11.3 Å². The third kappa shape index (κ3) is 5.52. The first-order chi connectivity index (χ1) is 10.1. The molecule has 1 heterocycles. The van der Waals surface area contributed by atoms with E-state index in [9.17, 15) is 4.79 Å². The molecule has 2 nitrogen and oxygen atoms in total. The Bertz CT molecular complexity index is 567. The average molecular weight is 322 g/mol. The normalized spacial score (nSPS) is 12.1. The van der Waals surface area contributed by atoms with Crippen LogP contribution in [0.4, 0.5) is 0 Å². The van der Waals surface area contributed by atoms with Gasteiger partial charge in [-0.15, -0.1) is 11.3 Å². The number of benzene rings is 1. The van der Waals surface area contributed by atoms with Crippen LogP contribution in [-0.4, -0.2) is 12.5 Å². The maximum absolute atomic E-state index is 11.8. The molecule has 0 bridgehead atoms. The summed E-state index contributed by atoms with van der Waals surface area (Å²) in [5.41, 5.74) is 1.32. The summed E-state index contributed by atoms with van der Waals surface area (Å²) in [6.07, 6.45) is 2.24. The van der Waals surface area contributed by atoms with Gasteiger partial charge in [0.1, 0.15) is 0 Å². The summed E-state index contributed by atoms with van der Waals surface area (Å²) in [5.74, 6) is 0.572. The zero-order valence-corrected chi connectivity index (χ0v) is 13.7. The fraction of sp³-hybridized carbons (Fsp3) is 0.353. The van der Waals surface area contributed by atoms with Crippen molar-refractivity contribution < 1.29 is 4.79 Å². The monoisotopic (exact) mass is 321 g/mol. The van der Waals surface area contributed by atoms with Crippen molar-refractivity contribution in [1.29, 1.82) is 0 Å². The third-order valence-corrected chi connectivity index (χ3v) is 4.79. The smallest absolute Gasteiger partial charge is 0.220 e. The minimum absolute atomic E-state index is 0.111. The zero-order valence-electron chi connectivity index (χ0n) is 12.1. The number of nitrogens with one attached hydrogen (secondary N) is 1. The molecular formula is C17H20ClNOS. The van der Waals surface area contributed by atoms with Crippen molar-refractivity contribution in [2.24, 2.45) is 0 Å². The van der Waals surface area contributed by atoms with Crippen LogP contribution in [0.3, 0.4) is 0 Å². The second-order valence-corrected chi connectivity index (χ2v) is 6.96. The van der Waals surface area contributed by atoms with Crippen LogP contribution >= 0.6 is 22.9 Å². The van der Waals surface area contributed by atoms with E-state index in [-0.39, 0.29) is 5.91 Å². The Morgan fingerprint density at radius 2 is 2.00 bits per heavy atom. The molecule has 1 aromatic carbocycles. The topological polar surface area (TPSA) is 29.1 Å². The molecule has 2 rings (SSSR count). The molecule has 1 atom stereocenters. The Morgan fingerprint density at radius 3 is 2.67 bits per heavy atom. The van der Waals surface area contributed by atoms with Crippen molar-refractivity contribution in [3.05, 3.63) is 57.2 Å². The van der Waals surface area contributed by atoms with Gasteiger partial charge in [-0.1, -0.05) is 48.9 Å². The number of hydrogen-bond acceptors (Lipinski definition) is 2. The van der Waals surface area contributed by atoms with Crippen LogP contribution in [0.25, 0.3) is 0 Å². The number of hydrogen-bond donors (Lipinski definition) is 1. The Balaban J connectivity index is 1.65. The molecule has 1 N–H and O–H groups in total. The summed E-state index contributed by atoms with van der Waals surface area (Å²) in [5, 5.41) is 2.99. The number of aryl methyl sites for hydroxylation is 1. The molecule has 0 saturated heterocycles. The highest BCUT2D eigenvalue weighted by molar-refractivity contribution is 7.16. The van der Waals surface area contributed by atoms with Crippen LogP contribution in [-0.2, 0) is 11.2 Å². The van der Waals surface area contributed by atoms with Gasteiger partial charge in [0.05, 0.1) is 4.34 Å². The molecule has 0 aliphatic carbocycles. The predicted octanol–water partition coefficient (Wildman–Crippen LogP) is 4.64. The van der Waals surface area contributed by atoms with E-state index in [0.29, 0.717) is 12.3 Å². The minimum atomic E-state index is 0.111. The minimum Gasteiger partial charge on any atom is -0.356 e. The SMILES string of the molecule is CC(CCNC(=O)CCc1ccc(Cl)s1)c1ccccc1. The molecule has 1 amide bonds. The van der Waals surface area contributed by atoms with Gasteiger partial charge in [-0.25, -0.2) is 0 Å². The largest absolute Gasteiger partial charge is 0.356 e. The number of carbonyl (C=O) groups is 1. The van der Waals surface area contributed by atoms with Crippen LogP contribution in [0.15, 0.2) is 42.5 Å². The summed E-state index contributed by atoms with van der Waals surface area (Å²) in [7, 11) is 0. The van der Waals surface area contributed by atoms with Crippen LogP contribution < -0.4 is 5.32 Å². The summed E-state index contributed by atoms with van der Waals surface area (Å²) in [4.78, 5) is 13.0. The fourth-order valence-electron chi connectivity index (χ4n) is 2.19. The van der Waals surface area contributed by atoms with E-state index in [1.807, 2.05) is 18.2 Å². The molecule has 2 aromatic rings. The van der Waals surface area contributed by atoms with Gasteiger partial charge >= 0.3 is 0 Å². The molecule has 4 heteroatoms. The second-order valence-electron chi connectivity index (χ2n) is 5.16. The molecule has 1 unspecified atom stereocenters. The molecule has 21 heavy (non-hydrogen) atoms. The van der Waals surface area contributed by atoms with Crippen LogP contribution in [0.1, 0.15) is 36.1 Å². The Kier molecular flexibility index (Phi) is 6.27. The Morgan fingerprint density at radius 1 is 1.24 bits per heavy atom. The van der Waals surface area contributed by atoms with Gasteiger partial charge in [-0.2, -0.15) is 0 Å². The molecule has 0 fully saturated rings. The van der Waals surface area contributed by atoms with Gasteiger partial charge < -0.3 is 5.32 Å². The number of amides is 1. The van der Waals surface area contributed by atoms with E-state index < -0.39 is 0 Å². The third-order valence-electron chi connectivity index (χ3n) is 3.50. The lowest BCUT2D eigenvalue weighted by molar-refractivity contribution is -0.121. The summed E-state index contributed by atoms with van der Waals surface area (Å²) in [6.45, 7) is 2.91. The molecule has 0 saturated carbocycles. The Hall–Kier alpha value is -1.32. The Labute approximate surface area is 135 Å². The molecule has 0 spiro atoms. The van der Waals surface area contributed by atoms with E-state index in [1.165, 1.54) is 5.56 Å². The number of halogens is 1. The zero-order chi connectivity index (χ0) is 15.1. The van der Waals surface area contributed by atoms with Crippen LogP contribution in [0.2, 0.25) is 4.34 Å². The lowest BCUT2D eigenvalue weighted by atomic mass is 9.98. The van der Waals surface area contributed by atoms with E-state index in [4.69, 9.17) is 11.6 Å². The fourth-order valence-corrected chi connectivity index (χ4v) is 3.27. The molecular weight excluding hydrogens is 302 g/mol. The number of carbonyl (C=O) groups excluding carboxylic acids is 1. The molecule has 0 aliphatic heterocycles. The highest BCUT2D eigenvalue weighted by Gasteiger charge is 2.07. The van der Waals surface area contributed by atoms with Gasteiger partial charge in [0.15, 0.2) is 0 Å². The average Bonchev–Trinajstić information content (AvgIpc) is 2.91. The molecule has 0 aliphatic rings. The van der Waals surface area contributed by atoms with Gasteiger partial charge in [0.25, 0.3) is 0 Å². The molecule has 1 aromatic heterocycles. The van der Waals surface area contributed by atoms with Gasteiger partial charge in [0, 0.05) is 17.8 Å². The number of thiophene rings is 1. The van der Waals surface area contributed by atoms with Crippen molar-refractivity contribution in [3.63, 3.8) is 0 Å². The van der Waals surface area contributed by atoms with Gasteiger partial charge in [-0.3, -0.25) is 4.79 Å². The van der Waals surface area contributed by atoms with Crippen molar-refractivity contribution >= 4 is 28.8 Å². The maximum Gasteiger partial charge on any atom is 0.220 e. The van der Waals surface area contributed by atoms with Gasteiger partial charge in [-0.05, 0) is 36.5 Å². The van der Waals surface area contributed by atoms with Crippen LogP contribution in [0.5, 0.6) is 0 Å². The highest BCUT2D eigenvalue weighted by Crippen LogP contribution is 2.22. The van der Waals surface area contributed by atoms with Crippen molar-refractivity contribution in [2.75, 3.05) is 6.54 Å². The van der Waals surface area contributed by atoms with Gasteiger partial charge in [0.2, 0.25) is 5.91 Å². The first kappa shape index (κ1) is 16.1. The summed E-state index contributed by atoms with van der Waals surface area (Å²) >= 11 is 7.41. The van der Waals surface area contributed by atoms with Crippen molar-refractivity contribution in [3.8, 4) is 0 Å². The lowest BCUT2D eigenvalue weighted by Gasteiger charge is -2.12. The molecule has 112 valence electrons. The lowest BCUT2D eigenvalue weighted by Crippen LogP contribution is -2.25. The van der Waals surface area contributed by atoms with Crippen LogP contribution in [0, 0.1) is 0 Å². The first-order valence-corrected chi connectivity index (χ1v) is 8.40. The number of rotatable bonds is 7. The van der Waals surface area contributed by atoms with Crippen molar-refractivity contribution in [2.45, 2.75) is 32.1 Å². The van der Waals surface area contributed by atoms with E-state index in [0.717, 1.165) is 28.6 Å². The first-order valence-electron chi connectivity index (χ1n) is 7.21. The standard InChI is InChI=1S/C17H20ClNOS/c1-13(14-5-3-2-4-6-14)11-12-19-17(20)10-8-15-7-9-16(18)21-15/h2-7,9,13H,8,10-12H2,1H3,(H,19,20). The van der Waals surface area contributed by atoms with E-state index >= 15 is 0 Å². The highest BCUT2D eigenvalue weighted by atomic mass is 35.5. The summed E-state index contributed by atoms with van der Waals surface area (Å²) in [6, 6.07) is 14.3. The second kappa shape index (κ2) is 8.20. The van der Waals surface area contributed by atoms with E-state index in [2.05, 4.69) is 36.5 Å². The summed E-state index contributed by atoms with van der Waals surface area (Å²) < 4.78 is 0.780. The predicted molar refractivity (Wildman–Crippen MR) is 90.1 cm³/mol. The maximum atomic E-state index is 11.8. The van der Waals surface area contributed by atoms with Crippen molar-refractivity contribution in [1.82, 2.24) is 5.32 Å². The molecule has 0 radical (unpaired) electrons. The quantitative estimate of drug-likeness (QED) is 0.790.